The minimum absolute atomic E-state index is 0.107. The van der Waals surface area contributed by atoms with E-state index in [4.69, 9.17) is 11.6 Å². The topological polar surface area (TPSA) is 71.4 Å². The zero-order chi connectivity index (χ0) is 20.5. The van der Waals surface area contributed by atoms with Crippen molar-refractivity contribution in [2.75, 3.05) is 4.90 Å². The van der Waals surface area contributed by atoms with Crippen LogP contribution >= 0.6 is 11.6 Å². The van der Waals surface area contributed by atoms with Crippen LogP contribution in [-0.2, 0) is 16.1 Å². The third kappa shape index (κ3) is 3.43. The molecule has 0 atom stereocenters. The number of hydrogen-bond donors (Lipinski definition) is 1. The number of benzene rings is 2. The molecular formula is C22H18ClN3O3. The molecule has 4 rings (SSSR count). The second-order valence-corrected chi connectivity index (χ2v) is 7.17. The van der Waals surface area contributed by atoms with Crippen molar-refractivity contribution < 1.29 is 14.4 Å². The number of carbonyl (C=O) groups is 3. The maximum atomic E-state index is 13.1. The first kappa shape index (κ1) is 19.0. The van der Waals surface area contributed by atoms with Gasteiger partial charge in [0.1, 0.15) is 5.57 Å². The van der Waals surface area contributed by atoms with E-state index in [0.29, 0.717) is 10.7 Å². The molecule has 6 nitrogen and oxygen atoms in total. The van der Waals surface area contributed by atoms with Gasteiger partial charge in [-0.25, -0.2) is 9.69 Å². The number of amides is 4. The Morgan fingerprint density at radius 2 is 1.86 bits per heavy atom. The summed E-state index contributed by atoms with van der Waals surface area (Å²) in [5.41, 5.74) is 1.95. The van der Waals surface area contributed by atoms with Crippen molar-refractivity contribution in [1.29, 1.82) is 0 Å². The fourth-order valence-electron chi connectivity index (χ4n) is 3.48. The van der Waals surface area contributed by atoms with Gasteiger partial charge in [0.05, 0.1) is 5.69 Å². The first-order valence-electron chi connectivity index (χ1n) is 9.24. The molecule has 1 aliphatic heterocycles. The minimum Gasteiger partial charge on any atom is -0.347 e. The highest BCUT2D eigenvalue weighted by molar-refractivity contribution is 6.39. The highest BCUT2D eigenvalue weighted by Gasteiger charge is 2.37. The van der Waals surface area contributed by atoms with Crippen LogP contribution in [0.25, 0.3) is 17.0 Å². The molecular weight excluding hydrogens is 390 g/mol. The fourth-order valence-corrected chi connectivity index (χ4v) is 3.66. The van der Waals surface area contributed by atoms with Crippen molar-refractivity contribution in [3.05, 3.63) is 70.9 Å². The van der Waals surface area contributed by atoms with Gasteiger partial charge in [0.2, 0.25) is 0 Å². The number of nitrogens with one attached hydrogen (secondary N) is 1. The first-order valence-corrected chi connectivity index (χ1v) is 9.62. The Kier molecular flexibility index (Phi) is 4.94. The number of halogens is 1. The summed E-state index contributed by atoms with van der Waals surface area (Å²) in [6.07, 6.45) is 4.41. The van der Waals surface area contributed by atoms with Crippen LogP contribution in [-0.4, -0.2) is 22.4 Å². The molecule has 2 heterocycles. The number of aromatic nitrogens is 1. The number of anilines is 1. The number of fused-ring (bicyclic) bond motifs is 1. The Bertz CT molecular complexity index is 1180. The second-order valence-electron chi connectivity index (χ2n) is 6.73. The van der Waals surface area contributed by atoms with Gasteiger partial charge in [0, 0.05) is 34.2 Å². The number of rotatable bonds is 4. The summed E-state index contributed by atoms with van der Waals surface area (Å²) in [5.74, 6) is -1.40. The Morgan fingerprint density at radius 1 is 1.07 bits per heavy atom. The number of barbiturate groups is 1. The lowest BCUT2D eigenvalue weighted by Crippen LogP contribution is -2.54. The van der Waals surface area contributed by atoms with Gasteiger partial charge in [0.25, 0.3) is 11.8 Å². The van der Waals surface area contributed by atoms with Crippen LogP contribution in [0.15, 0.2) is 60.3 Å². The number of carbonyl (C=O) groups excluding carboxylic acids is 3. The minimum atomic E-state index is -0.798. The first-order chi connectivity index (χ1) is 14.0. The SMILES string of the molecule is CCCn1cc(C=C2C(=O)NC(=O)N(c3cccc(Cl)c3)C2=O)c2ccccc21. The van der Waals surface area contributed by atoms with E-state index in [-0.39, 0.29) is 5.57 Å². The number of hydrogen-bond acceptors (Lipinski definition) is 3. The van der Waals surface area contributed by atoms with Gasteiger partial charge < -0.3 is 4.57 Å². The number of urea groups is 1. The van der Waals surface area contributed by atoms with Crippen LogP contribution in [0.3, 0.4) is 0 Å². The summed E-state index contributed by atoms with van der Waals surface area (Å²) in [6, 6.07) is 13.4. The molecule has 1 aliphatic rings. The van der Waals surface area contributed by atoms with Crippen LogP contribution in [0.4, 0.5) is 10.5 Å². The van der Waals surface area contributed by atoms with Crippen molar-refractivity contribution in [3.63, 3.8) is 0 Å². The monoisotopic (exact) mass is 407 g/mol. The molecule has 29 heavy (non-hydrogen) atoms. The summed E-state index contributed by atoms with van der Waals surface area (Å²) in [4.78, 5) is 38.8. The van der Waals surface area contributed by atoms with Crippen LogP contribution in [0.2, 0.25) is 5.02 Å². The zero-order valence-electron chi connectivity index (χ0n) is 15.7. The highest BCUT2D eigenvalue weighted by Crippen LogP contribution is 2.27. The van der Waals surface area contributed by atoms with Crippen LogP contribution in [0, 0.1) is 0 Å². The Labute approximate surface area is 172 Å². The fraction of sp³-hybridized carbons (Fsp3) is 0.136. The molecule has 0 aliphatic carbocycles. The van der Waals surface area contributed by atoms with Crippen LogP contribution in [0.5, 0.6) is 0 Å². The molecule has 1 N–H and O–H groups in total. The molecule has 2 aromatic carbocycles. The number of aryl methyl sites for hydroxylation is 1. The molecule has 1 fully saturated rings. The molecule has 1 saturated heterocycles. The Balaban J connectivity index is 1.81. The lowest BCUT2D eigenvalue weighted by Gasteiger charge is -2.26. The van der Waals surface area contributed by atoms with Gasteiger partial charge in [-0.1, -0.05) is 42.8 Å². The average Bonchev–Trinajstić information content (AvgIpc) is 3.03. The lowest BCUT2D eigenvalue weighted by atomic mass is 10.1. The van der Waals surface area contributed by atoms with E-state index < -0.39 is 17.8 Å². The lowest BCUT2D eigenvalue weighted by molar-refractivity contribution is -0.122. The summed E-state index contributed by atoms with van der Waals surface area (Å²) in [6.45, 7) is 2.90. The predicted molar refractivity (Wildman–Crippen MR) is 113 cm³/mol. The average molecular weight is 408 g/mol. The highest BCUT2D eigenvalue weighted by atomic mass is 35.5. The number of nitrogens with zero attached hydrogens (tertiary/aromatic N) is 2. The summed E-state index contributed by atoms with van der Waals surface area (Å²) >= 11 is 6.00. The van der Waals surface area contributed by atoms with Crippen LogP contribution in [0.1, 0.15) is 18.9 Å². The molecule has 7 heteroatoms. The van der Waals surface area contributed by atoms with Crippen LogP contribution < -0.4 is 10.2 Å². The van der Waals surface area contributed by atoms with Gasteiger partial charge in [0.15, 0.2) is 0 Å². The second kappa shape index (κ2) is 7.56. The summed E-state index contributed by atoms with van der Waals surface area (Å²) < 4.78 is 2.09. The van der Waals surface area contributed by atoms with E-state index in [2.05, 4.69) is 16.8 Å². The van der Waals surface area contributed by atoms with Crippen molar-refractivity contribution in [2.45, 2.75) is 19.9 Å². The molecule has 1 aromatic heterocycles. The van der Waals surface area contributed by atoms with Crippen molar-refractivity contribution in [2.24, 2.45) is 0 Å². The van der Waals surface area contributed by atoms with Gasteiger partial charge in [-0.05, 0) is 36.8 Å². The van der Waals surface area contributed by atoms with Gasteiger partial charge in [-0.2, -0.15) is 0 Å². The van der Waals surface area contributed by atoms with E-state index in [9.17, 15) is 14.4 Å². The molecule has 0 bridgehead atoms. The van der Waals surface area contributed by atoms with Gasteiger partial charge in [-0.3, -0.25) is 14.9 Å². The number of imide groups is 2. The maximum Gasteiger partial charge on any atom is 0.335 e. The van der Waals surface area contributed by atoms with Gasteiger partial charge in [-0.15, -0.1) is 0 Å². The molecule has 3 aromatic rings. The zero-order valence-corrected chi connectivity index (χ0v) is 16.4. The summed E-state index contributed by atoms with van der Waals surface area (Å²) in [5, 5.41) is 3.55. The maximum absolute atomic E-state index is 13.1. The van der Waals surface area contributed by atoms with E-state index in [1.54, 1.807) is 18.2 Å². The van der Waals surface area contributed by atoms with E-state index in [0.717, 1.165) is 34.3 Å². The Morgan fingerprint density at radius 3 is 2.62 bits per heavy atom. The van der Waals surface area contributed by atoms with Gasteiger partial charge >= 0.3 is 6.03 Å². The third-order valence-corrected chi connectivity index (χ3v) is 4.99. The normalized spacial score (nSPS) is 16.0. The van der Waals surface area contributed by atoms with E-state index in [1.165, 1.54) is 12.1 Å². The van der Waals surface area contributed by atoms with E-state index in [1.807, 2.05) is 30.5 Å². The predicted octanol–water partition coefficient (Wildman–Crippen LogP) is 4.37. The molecule has 0 saturated carbocycles. The smallest absolute Gasteiger partial charge is 0.335 e. The molecule has 0 radical (unpaired) electrons. The third-order valence-electron chi connectivity index (χ3n) is 4.75. The van der Waals surface area contributed by atoms with E-state index >= 15 is 0 Å². The van der Waals surface area contributed by atoms with Crippen molar-refractivity contribution >= 4 is 52.1 Å². The Hall–Kier alpha value is -3.38. The standard InChI is InChI=1S/C22H18ClN3O3/c1-2-10-25-13-14(17-8-3-4-9-19(17)25)11-18-20(27)24-22(29)26(21(18)28)16-7-5-6-15(23)12-16/h3-9,11-13H,2,10H2,1H3,(H,24,27,29). The van der Waals surface area contributed by atoms with Crippen molar-refractivity contribution in [3.8, 4) is 0 Å². The molecule has 0 unspecified atom stereocenters. The number of para-hydroxylation sites is 1. The van der Waals surface area contributed by atoms with Crippen molar-refractivity contribution in [1.82, 2.24) is 9.88 Å². The largest absolute Gasteiger partial charge is 0.347 e. The molecule has 0 spiro atoms. The quantitative estimate of drug-likeness (QED) is 0.515. The molecule has 4 amide bonds. The molecule has 146 valence electrons. The summed E-state index contributed by atoms with van der Waals surface area (Å²) in [7, 11) is 0.